The minimum absolute atomic E-state index is 0.00367. The van der Waals surface area contributed by atoms with Crippen molar-refractivity contribution >= 4 is 34.5 Å². The van der Waals surface area contributed by atoms with Gasteiger partial charge in [0.2, 0.25) is 12.2 Å². The molecule has 170 valence electrons. The number of carbonyl (C=O) groups is 2. The molecule has 3 heterocycles. The third-order valence-electron chi connectivity index (χ3n) is 6.38. The molecular formula is C23H27IN3O5+. The molecule has 1 saturated heterocycles. The number of nitrogens with zero attached hydrogens (tertiary/aromatic N) is 3. The van der Waals surface area contributed by atoms with E-state index in [1.165, 1.54) is 4.90 Å². The van der Waals surface area contributed by atoms with Crippen LogP contribution >= 0.6 is 22.6 Å². The Labute approximate surface area is 200 Å². The fraction of sp³-hybridized carbons (Fsp3) is 0.435. The summed E-state index contributed by atoms with van der Waals surface area (Å²) in [6.07, 6.45) is 6.06. The number of halogens is 1. The molecule has 4 atom stereocenters. The lowest BCUT2D eigenvalue weighted by Crippen LogP contribution is -2.63. The SMILES string of the molecule is CC(O)C1C(=O)N2C(C(=O)O)=C(COc3cc(CCn4cc[n+](C)c4)ccc3I)[C@H](C)C12. The third kappa shape index (κ3) is 4.03. The molecule has 0 radical (unpaired) electrons. The smallest absolute Gasteiger partial charge is 0.352 e. The minimum atomic E-state index is -1.14. The van der Waals surface area contributed by atoms with Crippen LogP contribution in [0.25, 0.3) is 0 Å². The molecule has 4 rings (SSSR count). The van der Waals surface area contributed by atoms with E-state index in [1.54, 1.807) is 6.92 Å². The second kappa shape index (κ2) is 8.86. The van der Waals surface area contributed by atoms with E-state index in [2.05, 4.69) is 33.2 Å². The highest BCUT2D eigenvalue weighted by molar-refractivity contribution is 14.1. The lowest BCUT2D eigenvalue weighted by molar-refractivity contribution is -0.671. The maximum atomic E-state index is 12.5. The van der Waals surface area contributed by atoms with Gasteiger partial charge in [-0.2, -0.15) is 0 Å². The van der Waals surface area contributed by atoms with Gasteiger partial charge in [0.1, 0.15) is 30.4 Å². The van der Waals surface area contributed by atoms with Crippen molar-refractivity contribution in [2.24, 2.45) is 18.9 Å². The summed E-state index contributed by atoms with van der Waals surface area (Å²) in [6, 6.07) is 5.72. The number of imidazole rings is 1. The lowest BCUT2D eigenvalue weighted by atomic mass is 9.78. The van der Waals surface area contributed by atoms with Crippen molar-refractivity contribution in [1.29, 1.82) is 0 Å². The van der Waals surface area contributed by atoms with Crippen molar-refractivity contribution in [3.8, 4) is 5.75 Å². The zero-order valence-electron chi connectivity index (χ0n) is 18.2. The van der Waals surface area contributed by atoms with Gasteiger partial charge in [-0.05, 0) is 47.2 Å². The van der Waals surface area contributed by atoms with Crippen molar-refractivity contribution in [3.63, 3.8) is 0 Å². The van der Waals surface area contributed by atoms with Gasteiger partial charge in [-0.25, -0.2) is 13.9 Å². The molecule has 0 aliphatic carbocycles. The molecule has 0 saturated carbocycles. The number of aryl methyl sites for hydroxylation is 3. The number of ether oxygens (including phenoxy) is 1. The van der Waals surface area contributed by atoms with E-state index in [0.29, 0.717) is 11.3 Å². The molecule has 8 nitrogen and oxygen atoms in total. The number of carbonyl (C=O) groups excluding carboxylic acids is 1. The number of carboxylic acid groups (broad SMARTS) is 1. The van der Waals surface area contributed by atoms with Crippen LogP contribution in [0.4, 0.5) is 0 Å². The number of aliphatic hydroxyl groups excluding tert-OH is 1. The Bertz CT molecular complexity index is 1090. The number of aliphatic carboxylic acids is 1. The van der Waals surface area contributed by atoms with Crippen LogP contribution in [0, 0.1) is 15.4 Å². The highest BCUT2D eigenvalue weighted by atomic mass is 127. The molecule has 1 aromatic heterocycles. The summed E-state index contributed by atoms with van der Waals surface area (Å²) >= 11 is 2.20. The molecule has 0 spiro atoms. The van der Waals surface area contributed by atoms with E-state index >= 15 is 0 Å². The molecule has 2 N–H and O–H groups in total. The average molecular weight is 552 g/mol. The Kier molecular flexibility index (Phi) is 6.30. The highest BCUT2D eigenvalue weighted by Gasteiger charge is 2.59. The van der Waals surface area contributed by atoms with Crippen molar-refractivity contribution < 1.29 is 29.1 Å². The van der Waals surface area contributed by atoms with Crippen LogP contribution in [-0.2, 0) is 29.6 Å². The van der Waals surface area contributed by atoms with Crippen LogP contribution in [0.15, 0.2) is 48.2 Å². The van der Waals surface area contributed by atoms with E-state index < -0.39 is 18.0 Å². The van der Waals surface area contributed by atoms with E-state index in [0.717, 1.165) is 22.1 Å². The molecule has 2 aromatic rings. The minimum Gasteiger partial charge on any atom is -0.488 e. The molecule has 0 bridgehead atoms. The van der Waals surface area contributed by atoms with Gasteiger partial charge in [-0.3, -0.25) is 4.79 Å². The number of carboxylic acids is 1. The Morgan fingerprint density at radius 3 is 2.75 bits per heavy atom. The Morgan fingerprint density at radius 1 is 1.38 bits per heavy atom. The first-order chi connectivity index (χ1) is 15.2. The number of aromatic nitrogens is 2. The molecule has 1 amide bonds. The van der Waals surface area contributed by atoms with Gasteiger partial charge in [0.15, 0.2) is 0 Å². The standard InChI is InChI=1S/C23H26IN3O5/c1-13-16(21(23(30)31)27-20(13)19(14(2)28)22(27)29)11-32-18-10-15(4-5-17(18)24)6-7-26-9-8-25(3)12-26/h4-5,8-10,12-14,19-20,28H,6-7,11H2,1-3H3/p+1/t13-,14?,19?,20?/m0/s1. The van der Waals surface area contributed by atoms with E-state index in [9.17, 15) is 19.8 Å². The largest absolute Gasteiger partial charge is 0.488 e. The maximum absolute atomic E-state index is 12.5. The molecule has 2 aliphatic heterocycles. The van der Waals surface area contributed by atoms with E-state index in [4.69, 9.17) is 4.74 Å². The summed E-state index contributed by atoms with van der Waals surface area (Å²) in [4.78, 5) is 25.7. The van der Waals surface area contributed by atoms with Crippen LogP contribution in [0.5, 0.6) is 5.75 Å². The van der Waals surface area contributed by atoms with Gasteiger partial charge in [-0.1, -0.05) is 13.0 Å². The van der Waals surface area contributed by atoms with Crippen molar-refractivity contribution in [1.82, 2.24) is 9.47 Å². The fourth-order valence-electron chi connectivity index (χ4n) is 4.70. The normalized spacial score (nSPS) is 23.2. The number of hydrogen-bond acceptors (Lipinski definition) is 4. The number of benzene rings is 1. The molecule has 2 aliphatic rings. The Hall–Kier alpha value is -2.40. The summed E-state index contributed by atoms with van der Waals surface area (Å²) in [5.41, 5.74) is 1.70. The fourth-order valence-corrected chi connectivity index (χ4v) is 5.19. The van der Waals surface area contributed by atoms with Crippen molar-refractivity contribution in [2.75, 3.05) is 6.61 Å². The number of rotatable bonds is 8. The molecule has 32 heavy (non-hydrogen) atoms. The number of amides is 1. The zero-order chi connectivity index (χ0) is 23.2. The number of hydrogen-bond donors (Lipinski definition) is 2. The van der Waals surface area contributed by atoms with Gasteiger partial charge in [0.05, 0.1) is 35.2 Å². The molecular weight excluding hydrogens is 525 g/mol. The van der Waals surface area contributed by atoms with Crippen LogP contribution in [0.3, 0.4) is 0 Å². The summed E-state index contributed by atoms with van der Waals surface area (Å²) in [5, 5.41) is 19.7. The lowest BCUT2D eigenvalue weighted by Gasteiger charge is -2.46. The Morgan fingerprint density at radius 2 is 2.12 bits per heavy atom. The molecule has 9 heteroatoms. The van der Waals surface area contributed by atoms with Crippen LogP contribution < -0.4 is 9.30 Å². The van der Waals surface area contributed by atoms with Crippen LogP contribution in [0.1, 0.15) is 19.4 Å². The summed E-state index contributed by atoms with van der Waals surface area (Å²) in [7, 11) is 1.98. The first-order valence-electron chi connectivity index (χ1n) is 10.6. The zero-order valence-corrected chi connectivity index (χ0v) is 20.4. The van der Waals surface area contributed by atoms with Crippen molar-refractivity contribution in [2.45, 2.75) is 39.0 Å². The van der Waals surface area contributed by atoms with E-state index in [1.807, 2.05) is 49.4 Å². The topological polar surface area (TPSA) is 95.9 Å². The number of fused-ring (bicyclic) bond motifs is 1. The predicted octanol–water partition coefficient (Wildman–Crippen LogP) is 1.73. The predicted molar refractivity (Wildman–Crippen MR) is 124 cm³/mol. The van der Waals surface area contributed by atoms with Gasteiger partial charge >= 0.3 is 5.97 Å². The average Bonchev–Trinajstić information content (AvgIpc) is 3.25. The second-order valence-electron chi connectivity index (χ2n) is 8.55. The maximum Gasteiger partial charge on any atom is 0.352 e. The van der Waals surface area contributed by atoms with Gasteiger partial charge in [0, 0.05) is 17.9 Å². The Balaban J connectivity index is 1.50. The highest BCUT2D eigenvalue weighted by Crippen LogP contribution is 2.47. The van der Waals surface area contributed by atoms with Gasteiger partial charge in [-0.15, -0.1) is 0 Å². The van der Waals surface area contributed by atoms with Gasteiger partial charge in [0.25, 0.3) is 0 Å². The van der Waals surface area contributed by atoms with Gasteiger partial charge < -0.3 is 19.8 Å². The monoisotopic (exact) mass is 552 g/mol. The van der Waals surface area contributed by atoms with E-state index in [-0.39, 0.29) is 30.2 Å². The summed E-state index contributed by atoms with van der Waals surface area (Å²) in [6.45, 7) is 4.39. The van der Waals surface area contributed by atoms with Crippen molar-refractivity contribution in [3.05, 3.63) is 57.3 Å². The summed E-state index contributed by atoms with van der Waals surface area (Å²) in [5.74, 6) is -1.55. The first kappa shape index (κ1) is 22.8. The molecule has 1 aromatic carbocycles. The quantitative estimate of drug-likeness (QED) is 0.296. The number of β-lactam (4-membered cyclic amide) rings is 1. The molecule has 3 unspecified atom stereocenters. The third-order valence-corrected chi connectivity index (χ3v) is 7.27. The second-order valence-corrected chi connectivity index (χ2v) is 9.72. The number of aliphatic hydroxyl groups is 1. The van der Waals surface area contributed by atoms with Crippen LogP contribution in [0.2, 0.25) is 0 Å². The summed E-state index contributed by atoms with van der Waals surface area (Å²) < 4.78 is 11.1. The first-order valence-corrected chi connectivity index (χ1v) is 11.7. The van der Waals surface area contributed by atoms with Crippen LogP contribution in [-0.4, -0.2) is 50.3 Å². The molecule has 1 fully saturated rings.